The quantitative estimate of drug-likeness (QED) is 0.831. The van der Waals surface area contributed by atoms with Crippen molar-refractivity contribution in [3.05, 3.63) is 53.6 Å². The number of nitrogens with zero attached hydrogens (tertiary/aromatic N) is 3. The Morgan fingerprint density at radius 3 is 2.64 bits per heavy atom. The fraction of sp³-hybridized carbons (Fsp3) is 0.476. The Morgan fingerprint density at radius 1 is 1.14 bits per heavy atom. The van der Waals surface area contributed by atoms with Gasteiger partial charge in [0.05, 0.1) is 6.04 Å². The molecule has 2 saturated heterocycles. The molecule has 4 rings (SSSR count). The highest BCUT2D eigenvalue weighted by Gasteiger charge is 2.31. The third-order valence-electron chi connectivity index (χ3n) is 5.54. The maximum atomic E-state index is 14.3. The normalized spacial score (nSPS) is 22.8. The van der Waals surface area contributed by atoms with Crippen LogP contribution in [0.5, 0.6) is 0 Å². The highest BCUT2D eigenvalue weighted by atomic mass is 19.1. The van der Waals surface area contributed by atoms with Crippen molar-refractivity contribution < 1.29 is 9.18 Å². The van der Waals surface area contributed by atoms with Gasteiger partial charge in [-0.1, -0.05) is 18.2 Å². The summed E-state index contributed by atoms with van der Waals surface area (Å²) in [6, 6.07) is 6.19. The molecule has 148 valence electrons. The molecule has 1 aromatic carbocycles. The molecule has 1 amide bonds. The lowest BCUT2D eigenvalue weighted by Gasteiger charge is -2.33. The molecule has 0 spiro atoms. The molecule has 2 aromatic rings. The van der Waals surface area contributed by atoms with Crippen LogP contribution >= 0.6 is 0 Å². The maximum absolute atomic E-state index is 14.3. The number of anilines is 1. The third kappa shape index (κ3) is 4.30. The number of hydrogen-bond donors (Lipinski definition) is 2. The lowest BCUT2D eigenvalue weighted by Crippen LogP contribution is -2.48. The molecule has 2 atom stereocenters. The first-order valence-electron chi connectivity index (χ1n) is 10.0. The van der Waals surface area contributed by atoms with E-state index in [-0.39, 0.29) is 23.8 Å². The van der Waals surface area contributed by atoms with Gasteiger partial charge in [0.25, 0.3) is 0 Å². The predicted molar refractivity (Wildman–Crippen MR) is 105 cm³/mol. The maximum Gasteiger partial charge on any atom is 0.225 e. The molecule has 1 aromatic heterocycles. The Bertz CT molecular complexity index is 807. The zero-order chi connectivity index (χ0) is 19.3. The number of carbonyl (C=O) groups excluding carboxylic acids is 1. The molecule has 28 heavy (non-hydrogen) atoms. The van der Waals surface area contributed by atoms with Crippen LogP contribution in [0.3, 0.4) is 0 Å². The molecule has 0 aliphatic carbocycles. The Labute approximate surface area is 164 Å². The van der Waals surface area contributed by atoms with Gasteiger partial charge in [-0.3, -0.25) is 4.79 Å². The van der Waals surface area contributed by atoms with Gasteiger partial charge in [0.1, 0.15) is 5.82 Å². The molecular weight excluding hydrogens is 357 g/mol. The summed E-state index contributed by atoms with van der Waals surface area (Å²) in [5.41, 5.74) is 1.50. The predicted octanol–water partition coefficient (Wildman–Crippen LogP) is 2.72. The fourth-order valence-electron chi connectivity index (χ4n) is 3.99. The van der Waals surface area contributed by atoms with Gasteiger partial charge in [-0.15, -0.1) is 0 Å². The van der Waals surface area contributed by atoms with E-state index in [1.807, 2.05) is 12.4 Å². The summed E-state index contributed by atoms with van der Waals surface area (Å²) in [6.45, 7) is 2.61. The summed E-state index contributed by atoms with van der Waals surface area (Å²) in [7, 11) is 0. The Kier molecular flexibility index (Phi) is 5.81. The summed E-state index contributed by atoms with van der Waals surface area (Å²) < 4.78 is 14.3. The number of hydrogen-bond acceptors (Lipinski definition) is 5. The van der Waals surface area contributed by atoms with Gasteiger partial charge >= 0.3 is 0 Å². The Morgan fingerprint density at radius 2 is 1.89 bits per heavy atom. The minimum atomic E-state index is -0.379. The van der Waals surface area contributed by atoms with Crippen LogP contribution in [-0.4, -0.2) is 35.0 Å². The average molecular weight is 383 g/mol. The second-order valence-electron chi connectivity index (χ2n) is 7.53. The summed E-state index contributed by atoms with van der Waals surface area (Å²) in [4.78, 5) is 23.1. The van der Waals surface area contributed by atoms with Crippen LogP contribution in [0.4, 0.5) is 10.3 Å². The van der Waals surface area contributed by atoms with Crippen molar-refractivity contribution in [3.63, 3.8) is 0 Å². The largest absolute Gasteiger partial charge is 0.348 e. The van der Waals surface area contributed by atoms with Crippen molar-refractivity contribution in [2.45, 2.75) is 50.7 Å². The minimum absolute atomic E-state index is 0.0412. The molecule has 0 bridgehead atoms. The van der Waals surface area contributed by atoms with Gasteiger partial charge in [0.2, 0.25) is 11.9 Å². The molecule has 0 saturated carbocycles. The van der Waals surface area contributed by atoms with Gasteiger partial charge in [-0.05, 0) is 31.7 Å². The molecule has 3 heterocycles. The van der Waals surface area contributed by atoms with E-state index < -0.39 is 0 Å². The monoisotopic (exact) mass is 383 g/mol. The van der Waals surface area contributed by atoms with Gasteiger partial charge in [0, 0.05) is 55.6 Å². The summed E-state index contributed by atoms with van der Waals surface area (Å²) in [6.07, 6.45) is 8.46. The number of halogens is 1. The van der Waals surface area contributed by atoms with Crippen LogP contribution in [0, 0.1) is 5.82 Å². The lowest BCUT2D eigenvalue weighted by molar-refractivity contribution is -0.123. The van der Waals surface area contributed by atoms with Crippen LogP contribution in [0.2, 0.25) is 0 Å². The molecule has 2 N–H and O–H groups in total. The second-order valence-corrected chi connectivity index (χ2v) is 7.53. The smallest absolute Gasteiger partial charge is 0.225 e. The van der Waals surface area contributed by atoms with Crippen molar-refractivity contribution in [2.75, 3.05) is 18.0 Å². The molecule has 0 radical (unpaired) electrons. The van der Waals surface area contributed by atoms with Crippen LogP contribution in [-0.2, 0) is 11.3 Å². The number of rotatable bonds is 5. The van der Waals surface area contributed by atoms with Crippen molar-refractivity contribution in [2.24, 2.45) is 0 Å². The van der Waals surface area contributed by atoms with Gasteiger partial charge < -0.3 is 15.5 Å². The van der Waals surface area contributed by atoms with E-state index >= 15 is 0 Å². The van der Waals surface area contributed by atoms with Gasteiger partial charge in [-0.2, -0.15) is 0 Å². The first kappa shape index (κ1) is 18.8. The van der Waals surface area contributed by atoms with E-state index in [1.165, 1.54) is 25.3 Å². The molecule has 2 aliphatic heterocycles. The van der Waals surface area contributed by atoms with Crippen molar-refractivity contribution in [3.8, 4) is 0 Å². The minimum Gasteiger partial charge on any atom is -0.348 e. The summed E-state index contributed by atoms with van der Waals surface area (Å²) in [5.74, 6) is 0.453. The second kappa shape index (κ2) is 8.65. The molecule has 0 unspecified atom stereocenters. The molecule has 2 fully saturated rings. The number of aromatic nitrogens is 2. The molecule has 7 heteroatoms. The summed E-state index contributed by atoms with van der Waals surface area (Å²) in [5, 5.41) is 6.39. The van der Waals surface area contributed by atoms with E-state index in [4.69, 9.17) is 0 Å². The van der Waals surface area contributed by atoms with E-state index in [9.17, 15) is 9.18 Å². The fourth-order valence-corrected chi connectivity index (χ4v) is 3.99. The Balaban J connectivity index is 1.41. The van der Waals surface area contributed by atoms with Crippen LogP contribution in [0.15, 0.2) is 36.7 Å². The van der Waals surface area contributed by atoms with Gasteiger partial charge in [-0.25, -0.2) is 14.4 Å². The molecule has 2 aliphatic rings. The van der Waals surface area contributed by atoms with E-state index in [2.05, 4.69) is 25.5 Å². The highest BCUT2D eigenvalue weighted by Crippen LogP contribution is 2.26. The number of amides is 1. The standard InChI is InChI=1S/C21H26FN5O/c22-17-7-3-2-6-16(17)20-18(8-9-19(28)26-20)23-12-15-13-24-21(25-14-15)27-10-4-1-5-11-27/h2-3,6-7,13-14,18,20,23H,1,4-5,8-12H2,(H,26,28)/t18-,20+/m1/s1. The number of benzene rings is 1. The molecular formula is C21H26FN5O. The van der Waals surface area contributed by atoms with Crippen LogP contribution < -0.4 is 15.5 Å². The zero-order valence-electron chi connectivity index (χ0n) is 15.9. The number of piperidine rings is 2. The van der Waals surface area contributed by atoms with E-state index in [0.717, 1.165) is 24.6 Å². The van der Waals surface area contributed by atoms with Gasteiger partial charge in [0.15, 0.2) is 0 Å². The average Bonchev–Trinajstić information content (AvgIpc) is 2.74. The first-order valence-corrected chi connectivity index (χ1v) is 10.0. The SMILES string of the molecule is O=C1CC[C@@H](NCc2cnc(N3CCCCC3)nc2)[C@H](c2ccccc2F)N1. The summed E-state index contributed by atoms with van der Waals surface area (Å²) >= 11 is 0. The lowest BCUT2D eigenvalue weighted by atomic mass is 9.91. The van der Waals surface area contributed by atoms with Crippen molar-refractivity contribution in [1.82, 2.24) is 20.6 Å². The van der Waals surface area contributed by atoms with Crippen LogP contribution in [0.1, 0.15) is 49.3 Å². The Hall–Kier alpha value is -2.54. The number of nitrogens with one attached hydrogen (secondary N) is 2. The third-order valence-corrected chi connectivity index (χ3v) is 5.54. The number of carbonyl (C=O) groups is 1. The topological polar surface area (TPSA) is 70.2 Å². The van der Waals surface area contributed by atoms with Crippen molar-refractivity contribution >= 4 is 11.9 Å². The van der Waals surface area contributed by atoms with E-state index in [0.29, 0.717) is 24.9 Å². The van der Waals surface area contributed by atoms with Crippen LogP contribution in [0.25, 0.3) is 0 Å². The highest BCUT2D eigenvalue weighted by molar-refractivity contribution is 5.77. The van der Waals surface area contributed by atoms with Crippen molar-refractivity contribution in [1.29, 1.82) is 0 Å². The zero-order valence-corrected chi connectivity index (χ0v) is 15.9. The first-order chi connectivity index (χ1) is 13.7. The van der Waals surface area contributed by atoms with E-state index in [1.54, 1.807) is 18.2 Å². The molecule has 6 nitrogen and oxygen atoms in total.